The molecule has 7 heteroatoms. The van der Waals surface area contributed by atoms with Crippen molar-refractivity contribution < 1.29 is 0 Å². The predicted molar refractivity (Wildman–Crippen MR) is 69.9 cm³/mol. The van der Waals surface area contributed by atoms with Crippen molar-refractivity contribution in [3.05, 3.63) is 21.2 Å². The largest absolute Gasteiger partial charge is 0.349 e. The molecule has 1 aromatic heterocycles. The topological polar surface area (TPSA) is 52.2 Å². The van der Waals surface area contributed by atoms with Crippen molar-refractivity contribution in [2.24, 2.45) is 0 Å². The normalized spacial score (nSPS) is 17.8. The predicted octanol–water partition coefficient (Wildman–Crippen LogP) is 0.932. The fraction of sp³-hybridized carbons (Fsp3) is 0.556. The number of H-pyrrole nitrogens is 1. The van der Waals surface area contributed by atoms with Gasteiger partial charge in [0.25, 0.3) is 5.56 Å². The van der Waals surface area contributed by atoms with Gasteiger partial charge in [0.05, 0.1) is 0 Å². The van der Waals surface area contributed by atoms with E-state index in [1.807, 2.05) is 4.90 Å². The zero-order chi connectivity index (χ0) is 11.5. The van der Waals surface area contributed by atoms with Crippen LogP contribution in [0, 0.1) is 0 Å². The number of halogens is 1. The average Bonchev–Trinajstić information content (AvgIpc) is 2.32. The molecule has 1 aromatic rings. The van der Waals surface area contributed by atoms with Gasteiger partial charge in [0.1, 0.15) is 4.60 Å². The molecule has 2 rings (SSSR count). The molecule has 0 saturated carbocycles. The van der Waals surface area contributed by atoms with E-state index >= 15 is 0 Å². The van der Waals surface area contributed by atoms with E-state index in [-0.39, 0.29) is 5.56 Å². The third-order valence-corrected chi connectivity index (χ3v) is 3.82. The Balaban J connectivity index is 2.14. The fourth-order valence-electron chi connectivity index (χ4n) is 1.67. The van der Waals surface area contributed by atoms with Crippen LogP contribution in [-0.4, -0.2) is 46.7 Å². The summed E-state index contributed by atoms with van der Waals surface area (Å²) in [6.07, 6.45) is 3.63. The summed E-state index contributed by atoms with van der Waals surface area (Å²) in [7, 11) is 0. The van der Waals surface area contributed by atoms with Crippen LogP contribution in [0.4, 0.5) is 5.82 Å². The molecule has 16 heavy (non-hydrogen) atoms. The maximum atomic E-state index is 11.6. The van der Waals surface area contributed by atoms with Crippen LogP contribution in [0.15, 0.2) is 15.6 Å². The van der Waals surface area contributed by atoms with Gasteiger partial charge in [-0.05, 0) is 22.2 Å². The zero-order valence-corrected chi connectivity index (χ0v) is 11.3. The van der Waals surface area contributed by atoms with E-state index in [4.69, 9.17) is 0 Å². The minimum absolute atomic E-state index is 0.124. The minimum atomic E-state index is -0.124. The summed E-state index contributed by atoms with van der Waals surface area (Å²) in [5, 5.41) is 0. The van der Waals surface area contributed by atoms with Crippen molar-refractivity contribution in [2.45, 2.75) is 0 Å². The van der Waals surface area contributed by atoms with Gasteiger partial charge in [-0.25, -0.2) is 9.29 Å². The molecular weight excluding hydrogens is 292 g/mol. The van der Waals surface area contributed by atoms with E-state index in [1.54, 1.807) is 18.1 Å². The van der Waals surface area contributed by atoms with Crippen LogP contribution >= 0.6 is 27.9 Å². The summed E-state index contributed by atoms with van der Waals surface area (Å²) in [5.41, 5.74) is -0.124. The van der Waals surface area contributed by atoms with Gasteiger partial charge >= 0.3 is 0 Å². The highest BCUT2D eigenvalue weighted by Crippen LogP contribution is 2.14. The number of hydrogen-bond acceptors (Lipinski definition) is 5. The number of piperazine rings is 1. The first-order valence-electron chi connectivity index (χ1n) is 5.00. The molecule has 5 nitrogen and oxygen atoms in total. The van der Waals surface area contributed by atoms with Gasteiger partial charge < -0.3 is 9.88 Å². The molecule has 0 aromatic carbocycles. The molecule has 1 fully saturated rings. The van der Waals surface area contributed by atoms with Gasteiger partial charge in [-0.15, -0.1) is 0 Å². The third kappa shape index (κ3) is 2.58. The maximum absolute atomic E-state index is 11.6. The Labute approximate surface area is 106 Å². The second-order valence-electron chi connectivity index (χ2n) is 3.47. The van der Waals surface area contributed by atoms with Crippen LogP contribution in [0.2, 0.25) is 0 Å². The van der Waals surface area contributed by atoms with Gasteiger partial charge in [0, 0.05) is 32.4 Å². The number of rotatable bonds is 2. The van der Waals surface area contributed by atoms with Gasteiger partial charge in [0.2, 0.25) is 0 Å². The average molecular weight is 305 g/mol. The number of aromatic nitrogens is 2. The van der Waals surface area contributed by atoms with Crippen LogP contribution < -0.4 is 10.5 Å². The SMILES string of the molecule is CSN1CCN(c2nc(Br)c[nH]c2=O)CC1. The Kier molecular flexibility index (Phi) is 3.88. The lowest BCUT2D eigenvalue weighted by Crippen LogP contribution is -2.45. The van der Waals surface area contributed by atoms with E-state index < -0.39 is 0 Å². The molecule has 2 heterocycles. The summed E-state index contributed by atoms with van der Waals surface area (Å²) < 4.78 is 2.94. The second kappa shape index (κ2) is 5.20. The van der Waals surface area contributed by atoms with E-state index in [0.29, 0.717) is 10.4 Å². The lowest BCUT2D eigenvalue weighted by atomic mass is 10.3. The van der Waals surface area contributed by atoms with Crippen molar-refractivity contribution >= 4 is 33.7 Å². The van der Waals surface area contributed by atoms with Gasteiger partial charge in [-0.2, -0.15) is 0 Å². The van der Waals surface area contributed by atoms with Crippen molar-refractivity contribution in [2.75, 3.05) is 37.3 Å². The number of nitrogens with one attached hydrogen (secondary N) is 1. The van der Waals surface area contributed by atoms with Crippen LogP contribution in [0.5, 0.6) is 0 Å². The second-order valence-corrected chi connectivity index (χ2v) is 5.17. The van der Waals surface area contributed by atoms with E-state index in [2.05, 4.69) is 36.5 Å². The van der Waals surface area contributed by atoms with Crippen molar-refractivity contribution in [3.8, 4) is 0 Å². The number of nitrogens with zero attached hydrogens (tertiary/aromatic N) is 3. The summed E-state index contributed by atoms with van der Waals surface area (Å²) in [6, 6.07) is 0. The first kappa shape index (κ1) is 11.9. The Bertz CT molecular complexity index is 416. The lowest BCUT2D eigenvalue weighted by molar-refractivity contribution is 0.428. The highest BCUT2D eigenvalue weighted by Gasteiger charge is 2.19. The fourth-order valence-corrected chi connectivity index (χ4v) is 2.48. The monoisotopic (exact) mass is 304 g/mol. The van der Waals surface area contributed by atoms with Crippen molar-refractivity contribution in [1.82, 2.24) is 14.3 Å². The standard InChI is InChI=1S/C9H13BrN4OS/c1-16-14-4-2-13(3-5-14)8-9(15)11-6-7(10)12-8/h6H,2-5H2,1H3,(H,11,15). The van der Waals surface area contributed by atoms with E-state index in [0.717, 1.165) is 26.2 Å². The molecule has 0 atom stereocenters. The molecular formula is C9H13BrN4OS. The lowest BCUT2D eigenvalue weighted by Gasteiger charge is -2.33. The van der Waals surface area contributed by atoms with Crippen LogP contribution in [0.1, 0.15) is 0 Å². The van der Waals surface area contributed by atoms with Crippen LogP contribution in [0.3, 0.4) is 0 Å². The van der Waals surface area contributed by atoms with E-state index in [9.17, 15) is 4.79 Å². The Morgan fingerprint density at radius 3 is 2.75 bits per heavy atom. The van der Waals surface area contributed by atoms with Crippen molar-refractivity contribution in [1.29, 1.82) is 0 Å². The Hall–Kier alpha value is -0.530. The molecule has 0 unspecified atom stereocenters. The van der Waals surface area contributed by atoms with Gasteiger partial charge in [-0.3, -0.25) is 4.79 Å². The first-order valence-corrected chi connectivity index (χ1v) is 6.97. The molecule has 1 aliphatic heterocycles. The third-order valence-electron chi connectivity index (χ3n) is 2.53. The smallest absolute Gasteiger partial charge is 0.290 e. The number of hydrogen-bond donors (Lipinski definition) is 1. The van der Waals surface area contributed by atoms with Crippen molar-refractivity contribution in [3.63, 3.8) is 0 Å². The summed E-state index contributed by atoms with van der Waals surface area (Å²) in [6.45, 7) is 3.59. The number of aromatic amines is 1. The Morgan fingerprint density at radius 1 is 1.44 bits per heavy atom. The highest BCUT2D eigenvalue weighted by molar-refractivity contribution is 9.10. The maximum Gasteiger partial charge on any atom is 0.290 e. The molecule has 1 aliphatic rings. The summed E-state index contributed by atoms with van der Waals surface area (Å²) >= 11 is 5.01. The molecule has 1 N–H and O–H groups in total. The summed E-state index contributed by atoms with van der Waals surface area (Å²) in [5.74, 6) is 0.509. The van der Waals surface area contributed by atoms with E-state index in [1.165, 1.54) is 0 Å². The van der Waals surface area contributed by atoms with Crippen LogP contribution in [-0.2, 0) is 0 Å². The van der Waals surface area contributed by atoms with Crippen LogP contribution in [0.25, 0.3) is 0 Å². The minimum Gasteiger partial charge on any atom is -0.349 e. The zero-order valence-electron chi connectivity index (χ0n) is 8.94. The molecule has 1 saturated heterocycles. The molecule has 0 radical (unpaired) electrons. The number of anilines is 1. The first-order chi connectivity index (χ1) is 7.70. The van der Waals surface area contributed by atoms with Gasteiger partial charge in [-0.1, -0.05) is 11.9 Å². The summed E-state index contributed by atoms with van der Waals surface area (Å²) in [4.78, 5) is 20.5. The molecule has 0 bridgehead atoms. The highest BCUT2D eigenvalue weighted by atomic mass is 79.9. The molecule has 0 aliphatic carbocycles. The molecule has 88 valence electrons. The Morgan fingerprint density at radius 2 is 2.12 bits per heavy atom. The van der Waals surface area contributed by atoms with Gasteiger partial charge in [0.15, 0.2) is 5.82 Å². The molecule has 0 spiro atoms. The molecule has 0 amide bonds. The quantitative estimate of drug-likeness (QED) is 0.824.